The fourth-order valence-corrected chi connectivity index (χ4v) is 3.71. The predicted molar refractivity (Wildman–Crippen MR) is 80.8 cm³/mol. The van der Waals surface area contributed by atoms with E-state index in [9.17, 15) is 14.7 Å². The standard InChI is InChI=1S/C16H26N2O3/c1-4-18(9-5-8-17(2)3)15(19)13-11-6-7-12(10-11)14(13)16(20)21/h6-7,11-14H,4-5,8-10H2,1-3H3,(H,20,21). The molecule has 21 heavy (non-hydrogen) atoms. The number of allylic oxidation sites excluding steroid dienone is 2. The summed E-state index contributed by atoms with van der Waals surface area (Å²) in [7, 11) is 4.03. The van der Waals surface area contributed by atoms with Crippen molar-refractivity contribution in [3.8, 4) is 0 Å². The SMILES string of the molecule is CCN(CCCN(C)C)C(=O)C1C2C=CC(C2)C1C(=O)O. The van der Waals surface area contributed by atoms with Crippen LogP contribution in [-0.2, 0) is 9.59 Å². The van der Waals surface area contributed by atoms with Crippen LogP contribution < -0.4 is 0 Å². The molecule has 0 radical (unpaired) electrons. The Bertz CT molecular complexity index is 433. The third-order valence-electron chi connectivity index (χ3n) is 4.76. The molecule has 1 N–H and O–H groups in total. The average molecular weight is 294 g/mol. The Morgan fingerprint density at radius 2 is 1.76 bits per heavy atom. The molecule has 0 aromatic heterocycles. The maximum Gasteiger partial charge on any atom is 0.307 e. The summed E-state index contributed by atoms with van der Waals surface area (Å²) in [5.74, 6) is -1.53. The summed E-state index contributed by atoms with van der Waals surface area (Å²) in [5, 5.41) is 9.45. The molecule has 5 heteroatoms. The van der Waals surface area contributed by atoms with Gasteiger partial charge in [0.15, 0.2) is 0 Å². The Hall–Kier alpha value is -1.36. The average Bonchev–Trinajstić information content (AvgIpc) is 3.02. The highest BCUT2D eigenvalue weighted by Gasteiger charge is 2.52. The Balaban J connectivity index is 2.03. The van der Waals surface area contributed by atoms with E-state index in [4.69, 9.17) is 0 Å². The summed E-state index contributed by atoms with van der Waals surface area (Å²) < 4.78 is 0. The van der Waals surface area contributed by atoms with E-state index in [0.717, 1.165) is 19.4 Å². The lowest BCUT2D eigenvalue weighted by Gasteiger charge is -2.30. The molecule has 1 amide bonds. The zero-order valence-corrected chi connectivity index (χ0v) is 13.2. The number of carbonyl (C=O) groups excluding carboxylic acids is 1. The van der Waals surface area contributed by atoms with E-state index in [0.29, 0.717) is 13.1 Å². The van der Waals surface area contributed by atoms with Crippen LogP contribution in [0.5, 0.6) is 0 Å². The third kappa shape index (κ3) is 3.28. The molecule has 0 aliphatic heterocycles. The lowest BCUT2D eigenvalue weighted by atomic mass is 9.82. The third-order valence-corrected chi connectivity index (χ3v) is 4.76. The lowest BCUT2D eigenvalue weighted by molar-refractivity contribution is -0.151. The molecule has 2 aliphatic rings. The first-order valence-corrected chi connectivity index (χ1v) is 7.80. The molecule has 2 rings (SSSR count). The molecule has 2 aliphatic carbocycles. The second kappa shape index (κ2) is 6.60. The molecule has 0 spiro atoms. The minimum Gasteiger partial charge on any atom is -0.481 e. The van der Waals surface area contributed by atoms with Gasteiger partial charge in [0.05, 0.1) is 11.8 Å². The molecule has 5 nitrogen and oxygen atoms in total. The number of rotatable bonds is 7. The van der Waals surface area contributed by atoms with Crippen LogP contribution >= 0.6 is 0 Å². The number of amides is 1. The van der Waals surface area contributed by atoms with Crippen LogP contribution in [-0.4, -0.2) is 60.5 Å². The summed E-state index contributed by atoms with van der Waals surface area (Å²) in [5.41, 5.74) is 0. The topological polar surface area (TPSA) is 60.9 Å². The van der Waals surface area contributed by atoms with Crippen molar-refractivity contribution in [1.29, 1.82) is 0 Å². The van der Waals surface area contributed by atoms with E-state index in [1.165, 1.54) is 0 Å². The Labute approximate surface area is 126 Å². The first-order valence-electron chi connectivity index (χ1n) is 7.80. The molecule has 0 saturated heterocycles. The molecule has 0 aromatic rings. The predicted octanol–water partition coefficient (Wildman–Crippen LogP) is 1.31. The molecular weight excluding hydrogens is 268 g/mol. The van der Waals surface area contributed by atoms with Crippen LogP contribution in [0.1, 0.15) is 19.8 Å². The van der Waals surface area contributed by atoms with E-state index < -0.39 is 11.9 Å². The zero-order valence-electron chi connectivity index (χ0n) is 13.2. The summed E-state index contributed by atoms with van der Waals surface area (Å²) in [6, 6.07) is 0. The second-order valence-corrected chi connectivity index (χ2v) is 6.41. The van der Waals surface area contributed by atoms with Crippen LogP contribution in [0.2, 0.25) is 0 Å². The van der Waals surface area contributed by atoms with Gasteiger partial charge in [-0.1, -0.05) is 12.2 Å². The molecule has 4 unspecified atom stereocenters. The van der Waals surface area contributed by atoms with Crippen LogP contribution in [0.3, 0.4) is 0 Å². The number of carboxylic acids is 1. The highest BCUT2D eigenvalue weighted by Crippen LogP contribution is 2.48. The van der Waals surface area contributed by atoms with Gasteiger partial charge in [0.25, 0.3) is 0 Å². The number of hydrogen-bond donors (Lipinski definition) is 1. The van der Waals surface area contributed by atoms with Gasteiger partial charge in [0.2, 0.25) is 5.91 Å². The quantitative estimate of drug-likeness (QED) is 0.719. The molecule has 4 atom stereocenters. The molecule has 2 bridgehead atoms. The zero-order chi connectivity index (χ0) is 15.6. The summed E-state index contributed by atoms with van der Waals surface area (Å²) in [6.07, 6.45) is 5.76. The fourth-order valence-electron chi connectivity index (χ4n) is 3.71. The first-order chi connectivity index (χ1) is 9.95. The van der Waals surface area contributed by atoms with Crippen molar-refractivity contribution in [2.75, 3.05) is 33.7 Å². The fraction of sp³-hybridized carbons (Fsp3) is 0.750. The minimum atomic E-state index is -0.824. The lowest BCUT2D eigenvalue weighted by Crippen LogP contribution is -2.43. The van der Waals surface area contributed by atoms with E-state index >= 15 is 0 Å². The largest absolute Gasteiger partial charge is 0.481 e. The van der Waals surface area contributed by atoms with Crippen molar-refractivity contribution in [2.45, 2.75) is 19.8 Å². The van der Waals surface area contributed by atoms with Crippen LogP contribution in [0, 0.1) is 23.7 Å². The molecule has 0 heterocycles. The maximum atomic E-state index is 12.8. The van der Waals surface area contributed by atoms with Crippen molar-refractivity contribution < 1.29 is 14.7 Å². The van der Waals surface area contributed by atoms with Gasteiger partial charge in [0, 0.05) is 13.1 Å². The van der Waals surface area contributed by atoms with Gasteiger partial charge < -0.3 is 14.9 Å². The number of carbonyl (C=O) groups is 2. The summed E-state index contributed by atoms with van der Waals surface area (Å²) in [6.45, 7) is 4.25. The van der Waals surface area contributed by atoms with Gasteiger partial charge >= 0.3 is 5.97 Å². The summed E-state index contributed by atoms with van der Waals surface area (Å²) in [4.78, 5) is 28.2. The molecule has 0 aromatic carbocycles. The number of aliphatic carboxylic acids is 1. The van der Waals surface area contributed by atoms with Crippen molar-refractivity contribution >= 4 is 11.9 Å². The smallest absolute Gasteiger partial charge is 0.307 e. The van der Waals surface area contributed by atoms with Gasteiger partial charge in [-0.15, -0.1) is 0 Å². The molecular formula is C16H26N2O3. The van der Waals surface area contributed by atoms with Crippen molar-refractivity contribution in [3.05, 3.63) is 12.2 Å². The maximum absolute atomic E-state index is 12.8. The van der Waals surface area contributed by atoms with Gasteiger partial charge in [-0.3, -0.25) is 9.59 Å². The van der Waals surface area contributed by atoms with Crippen molar-refractivity contribution in [3.63, 3.8) is 0 Å². The number of hydrogen-bond acceptors (Lipinski definition) is 3. The monoisotopic (exact) mass is 294 g/mol. The number of carboxylic acid groups (broad SMARTS) is 1. The van der Waals surface area contributed by atoms with Crippen LogP contribution in [0.15, 0.2) is 12.2 Å². The van der Waals surface area contributed by atoms with E-state index in [1.807, 2.05) is 38.1 Å². The highest BCUT2D eigenvalue weighted by molar-refractivity contribution is 5.86. The second-order valence-electron chi connectivity index (χ2n) is 6.41. The van der Waals surface area contributed by atoms with Crippen LogP contribution in [0.4, 0.5) is 0 Å². The van der Waals surface area contributed by atoms with E-state index in [2.05, 4.69) is 4.90 Å². The molecule has 1 saturated carbocycles. The van der Waals surface area contributed by atoms with Crippen LogP contribution in [0.25, 0.3) is 0 Å². The van der Waals surface area contributed by atoms with Gasteiger partial charge in [-0.2, -0.15) is 0 Å². The minimum absolute atomic E-state index is 0.0282. The normalized spacial score (nSPS) is 30.1. The number of nitrogens with zero attached hydrogens (tertiary/aromatic N) is 2. The van der Waals surface area contributed by atoms with E-state index in [1.54, 1.807) is 0 Å². The summed E-state index contributed by atoms with van der Waals surface area (Å²) >= 11 is 0. The Kier molecular flexibility index (Phi) is 5.04. The Morgan fingerprint density at radius 1 is 1.14 bits per heavy atom. The van der Waals surface area contributed by atoms with Crippen molar-refractivity contribution in [2.24, 2.45) is 23.7 Å². The van der Waals surface area contributed by atoms with Crippen molar-refractivity contribution in [1.82, 2.24) is 9.80 Å². The number of fused-ring (bicyclic) bond motifs is 2. The van der Waals surface area contributed by atoms with Gasteiger partial charge in [0.1, 0.15) is 0 Å². The Morgan fingerprint density at radius 3 is 2.29 bits per heavy atom. The van der Waals surface area contributed by atoms with E-state index in [-0.39, 0.29) is 23.7 Å². The van der Waals surface area contributed by atoms with Gasteiger partial charge in [-0.05, 0) is 52.2 Å². The molecule has 118 valence electrons. The van der Waals surface area contributed by atoms with Gasteiger partial charge in [-0.25, -0.2) is 0 Å². The highest BCUT2D eigenvalue weighted by atomic mass is 16.4. The first kappa shape index (κ1) is 16.0. The molecule has 1 fully saturated rings.